The molecule has 0 saturated carbocycles. The third-order valence-electron chi connectivity index (χ3n) is 3.92. The normalized spacial score (nSPS) is 11.8. The zero-order valence-electron chi connectivity index (χ0n) is 13.9. The van der Waals surface area contributed by atoms with Gasteiger partial charge in [-0.05, 0) is 55.0 Å². The van der Waals surface area contributed by atoms with E-state index >= 15 is 0 Å². The number of hydrogen-bond acceptors (Lipinski definition) is 3. The lowest BCUT2D eigenvalue weighted by molar-refractivity contribution is 0.0940. The van der Waals surface area contributed by atoms with E-state index in [1.54, 1.807) is 42.1 Å². The van der Waals surface area contributed by atoms with E-state index in [0.29, 0.717) is 11.1 Å². The molecule has 1 N–H and O–H groups in total. The molecule has 0 fully saturated rings. The maximum atomic E-state index is 13.8. The lowest BCUT2D eigenvalue weighted by atomic mass is 10.1. The molecule has 128 valence electrons. The van der Waals surface area contributed by atoms with Crippen LogP contribution in [-0.4, -0.2) is 22.8 Å². The molecule has 1 atom stereocenters. The Morgan fingerprint density at radius 2 is 2.00 bits per heavy atom. The number of nitrogens with zero attached hydrogens (tertiary/aromatic N) is 2. The summed E-state index contributed by atoms with van der Waals surface area (Å²) >= 11 is 0. The van der Waals surface area contributed by atoms with Crippen molar-refractivity contribution in [1.29, 1.82) is 0 Å². The molecule has 0 aliphatic rings. The summed E-state index contributed by atoms with van der Waals surface area (Å²) in [5.41, 5.74) is 2.06. The van der Waals surface area contributed by atoms with Crippen molar-refractivity contribution in [2.24, 2.45) is 0 Å². The number of halogens is 1. The topological polar surface area (TPSA) is 56.1 Å². The number of aromatic nitrogens is 2. The monoisotopic (exact) mass is 339 g/mol. The summed E-state index contributed by atoms with van der Waals surface area (Å²) < 4.78 is 20.4. The SMILES string of the molecule is COc1ccc([C@H](C)NC(=O)c2ccc(-n3cccn3)cc2)cc1F. The number of carbonyl (C=O) groups is 1. The van der Waals surface area contributed by atoms with Crippen LogP contribution in [0.5, 0.6) is 5.75 Å². The third-order valence-corrected chi connectivity index (χ3v) is 3.92. The number of nitrogens with one attached hydrogen (secondary N) is 1. The van der Waals surface area contributed by atoms with Crippen molar-refractivity contribution in [2.75, 3.05) is 7.11 Å². The number of ether oxygens (including phenoxy) is 1. The number of hydrogen-bond donors (Lipinski definition) is 1. The van der Waals surface area contributed by atoms with Crippen molar-refractivity contribution in [3.8, 4) is 11.4 Å². The van der Waals surface area contributed by atoms with Crippen LogP contribution in [0, 0.1) is 5.82 Å². The number of methoxy groups -OCH3 is 1. The van der Waals surface area contributed by atoms with Gasteiger partial charge in [0.25, 0.3) is 5.91 Å². The molecule has 25 heavy (non-hydrogen) atoms. The second-order valence-corrected chi connectivity index (χ2v) is 5.59. The van der Waals surface area contributed by atoms with Crippen LogP contribution in [0.1, 0.15) is 28.9 Å². The average Bonchev–Trinajstić information content (AvgIpc) is 3.16. The van der Waals surface area contributed by atoms with Crippen molar-refractivity contribution >= 4 is 5.91 Å². The van der Waals surface area contributed by atoms with Crippen molar-refractivity contribution in [1.82, 2.24) is 15.1 Å². The summed E-state index contributed by atoms with van der Waals surface area (Å²) in [6.07, 6.45) is 3.52. The lowest BCUT2D eigenvalue weighted by Crippen LogP contribution is -2.26. The zero-order valence-corrected chi connectivity index (χ0v) is 13.9. The Bertz CT molecular complexity index is 861. The Kier molecular flexibility index (Phi) is 4.79. The van der Waals surface area contributed by atoms with Gasteiger partial charge in [0.2, 0.25) is 0 Å². The maximum absolute atomic E-state index is 13.8. The van der Waals surface area contributed by atoms with Gasteiger partial charge in [-0.3, -0.25) is 4.79 Å². The number of rotatable bonds is 5. The first-order valence-corrected chi connectivity index (χ1v) is 7.83. The number of carbonyl (C=O) groups excluding carboxylic acids is 1. The van der Waals surface area contributed by atoms with Gasteiger partial charge in [0.15, 0.2) is 11.6 Å². The fraction of sp³-hybridized carbons (Fsp3) is 0.158. The van der Waals surface area contributed by atoms with Gasteiger partial charge in [-0.1, -0.05) is 6.07 Å². The Hall–Kier alpha value is -3.15. The fourth-order valence-corrected chi connectivity index (χ4v) is 2.50. The standard InChI is InChI=1S/C19H18FN3O2/c1-13(15-6-9-18(25-2)17(20)12-15)22-19(24)14-4-7-16(8-5-14)23-11-3-10-21-23/h3-13H,1-2H3,(H,22,24)/t13-/m0/s1. The Morgan fingerprint density at radius 3 is 2.60 bits per heavy atom. The Morgan fingerprint density at radius 1 is 1.24 bits per heavy atom. The molecule has 2 aromatic carbocycles. The minimum atomic E-state index is -0.454. The van der Waals surface area contributed by atoms with Gasteiger partial charge in [-0.2, -0.15) is 5.10 Å². The highest BCUT2D eigenvalue weighted by Crippen LogP contribution is 2.22. The summed E-state index contributed by atoms with van der Waals surface area (Å²) in [7, 11) is 1.41. The molecule has 6 heteroatoms. The molecule has 1 aromatic heterocycles. The van der Waals surface area contributed by atoms with E-state index in [9.17, 15) is 9.18 Å². The van der Waals surface area contributed by atoms with Gasteiger partial charge in [0.05, 0.1) is 18.8 Å². The predicted molar refractivity (Wildman–Crippen MR) is 92.4 cm³/mol. The summed E-state index contributed by atoms with van der Waals surface area (Å²) in [5, 5.41) is 7.00. The molecule has 1 amide bonds. The van der Waals surface area contributed by atoms with E-state index in [1.165, 1.54) is 13.2 Å². The molecule has 0 spiro atoms. The van der Waals surface area contributed by atoms with E-state index in [2.05, 4.69) is 10.4 Å². The predicted octanol–water partition coefficient (Wildman–Crippen LogP) is 3.51. The number of benzene rings is 2. The van der Waals surface area contributed by atoms with E-state index < -0.39 is 5.82 Å². The molecule has 0 bridgehead atoms. The van der Waals surface area contributed by atoms with Crippen LogP contribution in [0.15, 0.2) is 60.9 Å². The molecule has 1 heterocycles. The Labute approximate surface area is 145 Å². The van der Waals surface area contributed by atoms with Gasteiger partial charge >= 0.3 is 0 Å². The van der Waals surface area contributed by atoms with Crippen molar-refractivity contribution in [3.05, 3.63) is 77.9 Å². The van der Waals surface area contributed by atoms with Crippen LogP contribution in [0.4, 0.5) is 4.39 Å². The van der Waals surface area contributed by atoms with Crippen LogP contribution in [0.25, 0.3) is 5.69 Å². The smallest absolute Gasteiger partial charge is 0.251 e. The van der Waals surface area contributed by atoms with Crippen LogP contribution in [0.2, 0.25) is 0 Å². The van der Waals surface area contributed by atoms with Gasteiger partial charge in [-0.25, -0.2) is 9.07 Å². The van der Waals surface area contributed by atoms with Crippen LogP contribution < -0.4 is 10.1 Å². The second kappa shape index (κ2) is 7.17. The highest BCUT2D eigenvalue weighted by atomic mass is 19.1. The molecule has 3 rings (SSSR count). The van der Waals surface area contributed by atoms with Crippen LogP contribution in [0.3, 0.4) is 0 Å². The van der Waals surface area contributed by atoms with Crippen LogP contribution >= 0.6 is 0 Å². The van der Waals surface area contributed by atoms with Crippen LogP contribution in [-0.2, 0) is 0 Å². The molecular weight excluding hydrogens is 321 g/mol. The van der Waals surface area contributed by atoms with Gasteiger partial charge in [0.1, 0.15) is 0 Å². The highest BCUT2D eigenvalue weighted by Gasteiger charge is 2.13. The summed E-state index contributed by atoms with van der Waals surface area (Å²) in [4.78, 5) is 12.4. The van der Waals surface area contributed by atoms with E-state index in [4.69, 9.17) is 4.74 Å². The minimum absolute atomic E-state index is 0.177. The second-order valence-electron chi connectivity index (χ2n) is 5.59. The molecule has 0 aliphatic carbocycles. The third kappa shape index (κ3) is 3.68. The molecule has 3 aromatic rings. The molecule has 0 saturated heterocycles. The van der Waals surface area contributed by atoms with Gasteiger partial charge < -0.3 is 10.1 Å². The maximum Gasteiger partial charge on any atom is 0.251 e. The fourth-order valence-electron chi connectivity index (χ4n) is 2.50. The molecule has 5 nitrogen and oxygen atoms in total. The van der Waals surface area contributed by atoms with Gasteiger partial charge in [-0.15, -0.1) is 0 Å². The van der Waals surface area contributed by atoms with Crippen molar-refractivity contribution < 1.29 is 13.9 Å². The van der Waals surface area contributed by atoms with Crippen molar-refractivity contribution in [2.45, 2.75) is 13.0 Å². The summed E-state index contributed by atoms with van der Waals surface area (Å²) in [6.45, 7) is 1.80. The van der Waals surface area contributed by atoms with E-state index in [-0.39, 0.29) is 17.7 Å². The van der Waals surface area contributed by atoms with Gasteiger partial charge in [0, 0.05) is 18.0 Å². The highest BCUT2D eigenvalue weighted by molar-refractivity contribution is 5.94. The first-order chi connectivity index (χ1) is 12.1. The average molecular weight is 339 g/mol. The quantitative estimate of drug-likeness (QED) is 0.774. The number of amides is 1. The molecular formula is C19H18FN3O2. The Balaban J connectivity index is 1.70. The zero-order chi connectivity index (χ0) is 17.8. The first-order valence-electron chi connectivity index (χ1n) is 7.83. The largest absolute Gasteiger partial charge is 0.494 e. The summed E-state index contributed by atoms with van der Waals surface area (Å²) in [5.74, 6) is -0.503. The molecule has 0 aliphatic heterocycles. The van der Waals surface area contributed by atoms with Crippen molar-refractivity contribution in [3.63, 3.8) is 0 Å². The first kappa shape index (κ1) is 16.7. The van der Waals surface area contributed by atoms with E-state index in [0.717, 1.165) is 5.69 Å². The van der Waals surface area contributed by atoms with E-state index in [1.807, 2.05) is 24.4 Å². The summed E-state index contributed by atoms with van der Waals surface area (Å²) in [6, 6.07) is 13.2. The molecule has 0 unspecified atom stereocenters. The minimum Gasteiger partial charge on any atom is -0.494 e. The lowest BCUT2D eigenvalue weighted by Gasteiger charge is -2.15. The molecule has 0 radical (unpaired) electrons.